The third-order valence-corrected chi connectivity index (χ3v) is 5.81. The summed E-state index contributed by atoms with van der Waals surface area (Å²) in [5, 5.41) is 7.64. The Labute approximate surface area is 170 Å². The second-order valence-electron chi connectivity index (χ2n) is 8.02. The average molecular weight is 387 g/mol. The van der Waals surface area contributed by atoms with Crippen LogP contribution in [0.15, 0.2) is 36.4 Å². The van der Waals surface area contributed by atoms with Crippen LogP contribution in [0.2, 0.25) is 0 Å². The highest BCUT2D eigenvalue weighted by molar-refractivity contribution is 6.08. The summed E-state index contributed by atoms with van der Waals surface area (Å²) in [6.07, 6.45) is 0.138. The maximum atomic E-state index is 13.5. The Kier molecular flexibility index (Phi) is 4.61. The highest BCUT2D eigenvalue weighted by Gasteiger charge is 2.36. The molecular weight excluding hydrogens is 362 g/mol. The van der Waals surface area contributed by atoms with E-state index in [0.717, 1.165) is 33.6 Å². The summed E-state index contributed by atoms with van der Waals surface area (Å²) in [6.45, 7) is 9.91. The van der Waals surface area contributed by atoms with Gasteiger partial charge in [-0.15, -0.1) is 0 Å². The lowest BCUT2D eigenvalue weighted by Gasteiger charge is -2.24. The molecule has 1 atom stereocenters. The fraction of sp³-hybridized carbons (Fsp3) is 0.292. The van der Waals surface area contributed by atoms with Gasteiger partial charge < -0.3 is 5.32 Å². The number of aromatic nitrogens is 2. The first kappa shape index (κ1) is 19.1. The van der Waals surface area contributed by atoms with Crippen molar-refractivity contribution in [3.05, 3.63) is 75.5 Å². The van der Waals surface area contributed by atoms with E-state index < -0.39 is 5.92 Å². The van der Waals surface area contributed by atoms with Crippen molar-refractivity contribution in [2.24, 2.45) is 0 Å². The van der Waals surface area contributed by atoms with E-state index in [1.54, 1.807) is 4.68 Å². The Morgan fingerprint density at radius 3 is 2.45 bits per heavy atom. The van der Waals surface area contributed by atoms with Crippen molar-refractivity contribution >= 4 is 17.5 Å². The van der Waals surface area contributed by atoms with Gasteiger partial charge in [0.15, 0.2) is 5.78 Å². The minimum Gasteiger partial charge on any atom is -0.310 e. The summed E-state index contributed by atoms with van der Waals surface area (Å²) in [4.78, 5) is 26.0. The van der Waals surface area contributed by atoms with Gasteiger partial charge in [0.2, 0.25) is 5.91 Å². The molecule has 0 saturated carbocycles. The Morgan fingerprint density at radius 2 is 1.72 bits per heavy atom. The lowest BCUT2D eigenvalue weighted by Crippen LogP contribution is -2.28. The number of Topliss-reactive ketones (excluding diaryl/α,β-unsaturated/α-hetero) is 1. The van der Waals surface area contributed by atoms with Crippen LogP contribution < -0.4 is 5.32 Å². The minimum atomic E-state index is -0.528. The summed E-state index contributed by atoms with van der Waals surface area (Å²) < 4.78 is 1.75. The topological polar surface area (TPSA) is 64.0 Å². The van der Waals surface area contributed by atoms with E-state index in [9.17, 15) is 9.59 Å². The normalized spacial score (nSPS) is 15.8. The molecule has 0 saturated heterocycles. The summed E-state index contributed by atoms with van der Waals surface area (Å²) in [7, 11) is 0. The molecule has 0 bridgehead atoms. The Morgan fingerprint density at radius 1 is 1.00 bits per heavy atom. The molecule has 2 aromatic carbocycles. The second-order valence-corrected chi connectivity index (χ2v) is 8.02. The van der Waals surface area contributed by atoms with E-state index in [0.29, 0.717) is 11.4 Å². The van der Waals surface area contributed by atoms with Crippen LogP contribution in [0, 0.1) is 34.6 Å². The lowest BCUT2D eigenvalue weighted by molar-refractivity contribution is -0.116. The highest BCUT2D eigenvalue weighted by Crippen LogP contribution is 2.38. The molecule has 148 valence electrons. The molecule has 0 radical (unpaired) electrons. The molecule has 1 aromatic heterocycles. The van der Waals surface area contributed by atoms with Crippen LogP contribution in [-0.4, -0.2) is 21.5 Å². The van der Waals surface area contributed by atoms with Gasteiger partial charge in [0.25, 0.3) is 0 Å². The zero-order valence-electron chi connectivity index (χ0n) is 17.5. The number of carbonyl (C=O) groups excluding carboxylic acids is 2. The molecule has 5 nitrogen and oxygen atoms in total. The molecule has 1 amide bonds. The Bertz CT molecular complexity index is 1160. The van der Waals surface area contributed by atoms with Gasteiger partial charge in [-0.25, -0.2) is 4.68 Å². The summed E-state index contributed by atoms with van der Waals surface area (Å²) >= 11 is 0. The van der Waals surface area contributed by atoms with E-state index >= 15 is 0 Å². The first-order chi connectivity index (χ1) is 13.8. The number of aryl methyl sites for hydroxylation is 5. The zero-order chi connectivity index (χ0) is 20.9. The second kappa shape index (κ2) is 6.99. The van der Waals surface area contributed by atoms with Gasteiger partial charge in [-0.1, -0.05) is 23.8 Å². The van der Waals surface area contributed by atoms with E-state index in [4.69, 9.17) is 0 Å². The summed E-state index contributed by atoms with van der Waals surface area (Å²) in [5.74, 6) is -0.110. The van der Waals surface area contributed by atoms with Crippen LogP contribution in [0.25, 0.3) is 5.69 Å². The number of benzene rings is 2. The van der Waals surface area contributed by atoms with Crippen molar-refractivity contribution in [3.63, 3.8) is 0 Å². The van der Waals surface area contributed by atoms with Crippen LogP contribution in [0.1, 0.15) is 56.2 Å². The largest absolute Gasteiger partial charge is 0.310 e. The average Bonchev–Trinajstić information content (AvgIpc) is 3.01. The van der Waals surface area contributed by atoms with Crippen LogP contribution in [-0.2, 0) is 4.79 Å². The van der Waals surface area contributed by atoms with Gasteiger partial charge >= 0.3 is 0 Å². The van der Waals surface area contributed by atoms with Crippen LogP contribution >= 0.6 is 0 Å². The van der Waals surface area contributed by atoms with Crippen molar-refractivity contribution in [1.82, 2.24) is 9.78 Å². The van der Waals surface area contributed by atoms with Gasteiger partial charge in [0.1, 0.15) is 5.82 Å². The van der Waals surface area contributed by atoms with Crippen LogP contribution in [0.5, 0.6) is 0 Å². The molecule has 0 aliphatic carbocycles. The number of amides is 1. The Hall–Kier alpha value is -3.21. The van der Waals surface area contributed by atoms with Crippen LogP contribution in [0.4, 0.5) is 5.82 Å². The van der Waals surface area contributed by atoms with Crippen molar-refractivity contribution in [2.45, 2.75) is 47.0 Å². The maximum absolute atomic E-state index is 13.5. The molecule has 1 unspecified atom stereocenters. The van der Waals surface area contributed by atoms with Crippen molar-refractivity contribution in [2.75, 3.05) is 5.32 Å². The van der Waals surface area contributed by atoms with Gasteiger partial charge in [-0.2, -0.15) is 5.10 Å². The van der Waals surface area contributed by atoms with Crippen LogP contribution in [0.3, 0.4) is 0 Å². The number of carbonyl (C=O) groups is 2. The quantitative estimate of drug-likeness (QED) is 0.661. The van der Waals surface area contributed by atoms with E-state index in [1.165, 1.54) is 5.56 Å². The molecule has 0 spiro atoms. The van der Waals surface area contributed by atoms with Crippen molar-refractivity contribution < 1.29 is 9.59 Å². The summed E-state index contributed by atoms with van der Waals surface area (Å²) in [6, 6.07) is 11.9. The molecule has 3 aromatic rings. The number of ketones is 1. The molecular formula is C24H25N3O2. The maximum Gasteiger partial charge on any atom is 0.226 e. The number of hydrogen-bond donors (Lipinski definition) is 1. The number of nitrogens with one attached hydrogen (secondary N) is 1. The first-order valence-corrected chi connectivity index (χ1v) is 9.84. The predicted molar refractivity (Wildman–Crippen MR) is 114 cm³/mol. The minimum absolute atomic E-state index is 0.0231. The number of anilines is 1. The lowest BCUT2D eigenvalue weighted by atomic mass is 9.84. The molecule has 5 heteroatoms. The highest BCUT2D eigenvalue weighted by atomic mass is 16.2. The smallest absolute Gasteiger partial charge is 0.226 e. The van der Waals surface area contributed by atoms with Crippen molar-refractivity contribution in [1.29, 1.82) is 0 Å². The molecule has 0 fully saturated rings. The summed E-state index contributed by atoms with van der Waals surface area (Å²) in [5.41, 5.74) is 7.42. The van der Waals surface area contributed by atoms with E-state index in [-0.39, 0.29) is 18.1 Å². The third-order valence-electron chi connectivity index (χ3n) is 5.81. The monoisotopic (exact) mass is 387 g/mol. The fourth-order valence-electron chi connectivity index (χ4n) is 4.00. The van der Waals surface area contributed by atoms with Gasteiger partial charge in [0, 0.05) is 17.5 Å². The van der Waals surface area contributed by atoms with E-state index in [2.05, 4.69) is 17.3 Å². The number of rotatable bonds is 3. The predicted octanol–water partition coefficient (Wildman–Crippen LogP) is 4.72. The fourth-order valence-corrected chi connectivity index (χ4v) is 4.00. The standard InChI is InChI=1S/C24H25N3O2/c1-13-6-7-15(3)19(10-13)23(29)20-12-21(28)25-24-22(20)17(5)26-27(24)18-9-8-14(2)16(4)11-18/h6-11,20H,12H2,1-5H3,(H,25,28). The zero-order valence-corrected chi connectivity index (χ0v) is 17.5. The molecule has 29 heavy (non-hydrogen) atoms. The molecule has 1 aliphatic heterocycles. The first-order valence-electron chi connectivity index (χ1n) is 9.84. The number of fused-ring (bicyclic) bond motifs is 1. The number of hydrogen-bond acceptors (Lipinski definition) is 3. The van der Waals surface area contributed by atoms with Gasteiger partial charge in [0.05, 0.1) is 17.3 Å². The molecule has 1 aliphatic rings. The van der Waals surface area contributed by atoms with E-state index in [1.807, 2.05) is 64.1 Å². The van der Waals surface area contributed by atoms with Gasteiger partial charge in [-0.05, 0) is 69.5 Å². The Balaban J connectivity index is 1.85. The molecule has 2 heterocycles. The SMILES string of the molecule is Cc1ccc(C)c(C(=O)C2CC(=O)Nc3c2c(C)nn3-c2ccc(C)c(C)c2)c1. The molecule has 1 N–H and O–H groups in total. The van der Waals surface area contributed by atoms with Gasteiger partial charge in [-0.3, -0.25) is 9.59 Å². The van der Waals surface area contributed by atoms with Crippen molar-refractivity contribution in [3.8, 4) is 5.69 Å². The third kappa shape index (κ3) is 3.27. The number of nitrogens with zero attached hydrogens (tertiary/aromatic N) is 2. The molecule has 4 rings (SSSR count).